The standard InChI is InChI=1S/C12H15NO4S/c1-13(17-2)12(14)8-7-10-5-4-6-11(9-10)18(3,15)16/h4-9H,1-3H3. The van der Waals surface area contributed by atoms with Gasteiger partial charge in [0.2, 0.25) is 0 Å². The molecular weight excluding hydrogens is 254 g/mol. The predicted molar refractivity (Wildman–Crippen MR) is 68.4 cm³/mol. The van der Waals surface area contributed by atoms with Gasteiger partial charge in [-0.25, -0.2) is 13.5 Å². The molecule has 5 nitrogen and oxygen atoms in total. The molecule has 1 amide bonds. The van der Waals surface area contributed by atoms with Crippen molar-refractivity contribution in [3.05, 3.63) is 35.9 Å². The van der Waals surface area contributed by atoms with Gasteiger partial charge in [0.25, 0.3) is 5.91 Å². The molecule has 98 valence electrons. The Labute approximate surface area is 107 Å². The second-order valence-electron chi connectivity index (χ2n) is 3.70. The van der Waals surface area contributed by atoms with Crippen molar-refractivity contribution in [2.45, 2.75) is 4.90 Å². The molecule has 0 aromatic heterocycles. The van der Waals surface area contributed by atoms with E-state index in [0.29, 0.717) is 5.56 Å². The zero-order chi connectivity index (χ0) is 13.8. The fourth-order valence-electron chi connectivity index (χ4n) is 1.21. The molecule has 0 unspecified atom stereocenters. The fourth-order valence-corrected chi connectivity index (χ4v) is 1.89. The van der Waals surface area contributed by atoms with Crippen LogP contribution in [-0.2, 0) is 19.5 Å². The van der Waals surface area contributed by atoms with Crippen LogP contribution in [0.25, 0.3) is 6.08 Å². The van der Waals surface area contributed by atoms with E-state index in [4.69, 9.17) is 4.84 Å². The summed E-state index contributed by atoms with van der Waals surface area (Å²) in [4.78, 5) is 16.4. The molecule has 0 aliphatic carbocycles. The quantitative estimate of drug-likeness (QED) is 0.607. The summed E-state index contributed by atoms with van der Waals surface area (Å²) in [5.74, 6) is -0.331. The van der Waals surface area contributed by atoms with Gasteiger partial charge in [-0.3, -0.25) is 9.63 Å². The van der Waals surface area contributed by atoms with E-state index in [0.717, 1.165) is 11.3 Å². The number of likely N-dealkylation sites (N-methyl/N-ethyl adjacent to an activating group) is 1. The number of rotatable bonds is 4. The third-order valence-electron chi connectivity index (χ3n) is 2.29. The third-order valence-corrected chi connectivity index (χ3v) is 3.40. The van der Waals surface area contributed by atoms with Gasteiger partial charge in [0, 0.05) is 19.4 Å². The molecule has 1 aromatic rings. The van der Waals surface area contributed by atoms with Crippen molar-refractivity contribution in [1.29, 1.82) is 0 Å². The highest BCUT2D eigenvalue weighted by atomic mass is 32.2. The van der Waals surface area contributed by atoms with Crippen molar-refractivity contribution in [3.8, 4) is 0 Å². The SMILES string of the molecule is CON(C)C(=O)C=Cc1cccc(S(C)(=O)=O)c1. The van der Waals surface area contributed by atoms with Crippen molar-refractivity contribution < 1.29 is 18.0 Å². The molecule has 0 N–H and O–H groups in total. The molecule has 0 bridgehead atoms. The molecule has 0 saturated heterocycles. The first-order valence-electron chi connectivity index (χ1n) is 5.14. The van der Waals surface area contributed by atoms with E-state index in [9.17, 15) is 13.2 Å². The molecule has 0 heterocycles. The highest BCUT2D eigenvalue weighted by Crippen LogP contribution is 2.12. The lowest BCUT2D eigenvalue weighted by molar-refractivity contribution is -0.162. The van der Waals surface area contributed by atoms with E-state index in [-0.39, 0.29) is 10.8 Å². The summed E-state index contributed by atoms with van der Waals surface area (Å²) in [6, 6.07) is 6.35. The van der Waals surface area contributed by atoms with E-state index in [1.165, 1.54) is 38.4 Å². The first kappa shape index (κ1) is 14.4. The summed E-state index contributed by atoms with van der Waals surface area (Å²) in [5.41, 5.74) is 0.635. The average molecular weight is 269 g/mol. The molecular formula is C12H15NO4S. The van der Waals surface area contributed by atoms with Crippen LogP contribution in [-0.4, -0.2) is 39.8 Å². The Morgan fingerprint density at radius 2 is 2.06 bits per heavy atom. The second-order valence-corrected chi connectivity index (χ2v) is 5.71. The molecule has 6 heteroatoms. The summed E-state index contributed by atoms with van der Waals surface area (Å²) in [6.07, 6.45) is 3.98. The smallest absolute Gasteiger partial charge is 0.269 e. The zero-order valence-corrected chi connectivity index (χ0v) is 11.3. The van der Waals surface area contributed by atoms with Crippen molar-refractivity contribution in [1.82, 2.24) is 5.06 Å². The van der Waals surface area contributed by atoms with Gasteiger partial charge in [-0.2, -0.15) is 0 Å². The van der Waals surface area contributed by atoms with Crippen LogP contribution in [0.4, 0.5) is 0 Å². The predicted octanol–water partition coefficient (Wildman–Crippen LogP) is 1.12. The van der Waals surface area contributed by atoms with E-state index in [1.54, 1.807) is 12.1 Å². The van der Waals surface area contributed by atoms with Crippen molar-refractivity contribution in [2.75, 3.05) is 20.4 Å². The number of benzene rings is 1. The average Bonchev–Trinajstić information content (AvgIpc) is 2.34. The molecule has 0 saturated carbocycles. The van der Waals surface area contributed by atoms with Gasteiger partial charge in [0.05, 0.1) is 12.0 Å². The number of amides is 1. The zero-order valence-electron chi connectivity index (χ0n) is 10.5. The maximum absolute atomic E-state index is 11.4. The van der Waals surface area contributed by atoms with Crippen LogP contribution in [0.1, 0.15) is 5.56 Å². The van der Waals surface area contributed by atoms with Gasteiger partial charge < -0.3 is 0 Å². The minimum absolute atomic E-state index is 0.220. The fraction of sp³-hybridized carbons (Fsp3) is 0.250. The summed E-state index contributed by atoms with van der Waals surface area (Å²) < 4.78 is 22.7. The van der Waals surface area contributed by atoms with Gasteiger partial charge >= 0.3 is 0 Å². The Hall–Kier alpha value is -1.66. The Morgan fingerprint density at radius 1 is 1.39 bits per heavy atom. The van der Waals surface area contributed by atoms with Crippen LogP contribution in [0, 0.1) is 0 Å². The number of hydrogen-bond acceptors (Lipinski definition) is 4. The first-order valence-corrected chi connectivity index (χ1v) is 7.03. The summed E-state index contributed by atoms with van der Waals surface area (Å²) >= 11 is 0. The minimum atomic E-state index is -3.24. The maximum Gasteiger partial charge on any atom is 0.269 e. The lowest BCUT2D eigenvalue weighted by atomic mass is 10.2. The van der Waals surface area contributed by atoms with Crippen LogP contribution >= 0.6 is 0 Å². The van der Waals surface area contributed by atoms with Crippen LogP contribution in [0.15, 0.2) is 35.2 Å². The van der Waals surface area contributed by atoms with Crippen molar-refractivity contribution in [2.24, 2.45) is 0 Å². The van der Waals surface area contributed by atoms with E-state index >= 15 is 0 Å². The number of sulfone groups is 1. The molecule has 0 aliphatic heterocycles. The molecule has 0 fully saturated rings. The van der Waals surface area contributed by atoms with Gasteiger partial charge in [0.15, 0.2) is 9.84 Å². The van der Waals surface area contributed by atoms with Crippen molar-refractivity contribution in [3.63, 3.8) is 0 Å². The van der Waals surface area contributed by atoms with Crippen LogP contribution in [0.2, 0.25) is 0 Å². The summed E-state index contributed by atoms with van der Waals surface area (Å²) in [7, 11) is -0.368. The maximum atomic E-state index is 11.4. The topological polar surface area (TPSA) is 63.7 Å². The van der Waals surface area contributed by atoms with Gasteiger partial charge in [0.1, 0.15) is 0 Å². The van der Waals surface area contributed by atoms with Crippen LogP contribution in [0.3, 0.4) is 0 Å². The van der Waals surface area contributed by atoms with Gasteiger partial charge in [-0.15, -0.1) is 0 Å². The van der Waals surface area contributed by atoms with Crippen LogP contribution < -0.4 is 0 Å². The van der Waals surface area contributed by atoms with Gasteiger partial charge in [-0.1, -0.05) is 12.1 Å². The normalized spacial score (nSPS) is 11.7. The molecule has 0 spiro atoms. The number of carbonyl (C=O) groups excluding carboxylic acids is 1. The summed E-state index contributed by atoms with van der Waals surface area (Å²) in [6.45, 7) is 0. The minimum Gasteiger partial charge on any atom is -0.274 e. The molecule has 0 aliphatic rings. The Kier molecular flexibility index (Phi) is 4.63. The lowest BCUT2D eigenvalue weighted by Gasteiger charge is -2.10. The number of hydrogen-bond donors (Lipinski definition) is 0. The van der Waals surface area contributed by atoms with Gasteiger partial charge in [-0.05, 0) is 23.8 Å². The molecule has 0 radical (unpaired) electrons. The van der Waals surface area contributed by atoms with E-state index < -0.39 is 9.84 Å². The van der Waals surface area contributed by atoms with Crippen molar-refractivity contribution >= 4 is 21.8 Å². The van der Waals surface area contributed by atoms with E-state index in [2.05, 4.69) is 0 Å². The highest BCUT2D eigenvalue weighted by molar-refractivity contribution is 7.90. The number of hydroxylamine groups is 2. The third kappa shape index (κ3) is 3.97. The number of carbonyl (C=O) groups is 1. The second kappa shape index (κ2) is 5.79. The molecule has 1 rings (SSSR count). The Balaban J connectivity index is 2.93. The molecule has 1 aromatic carbocycles. The van der Waals surface area contributed by atoms with E-state index in [1.807, 2.05) is 0 Å². The Bertz CT molecular complexity index is 563. The number of nitrogens with zero attached hydrogens (tertiary/aromatic N) is 1. The molecule has 0 atom stereocenters. The summed E-state index contributed by atoms with van der Waals surface area (Å²) in [5, 5.41) is 1.07. The molecule has 18 heavy (non-hydrogen) atoms. The Morgan fingerprint density at radius 3 is 2.61 bits per heavy atom. The lowest BCUT2D eigenvalue weighted by Crippen LogP contribution is -2.22. The highest BCUT2D eigenvalue weighted by Gasteiger charge is 2.07. The first-order chi connectivity index (χ1) is 8.34. The van der Waals surface area contributed by atoms with Crippen LogP contribution in [0.5, 0.6) is 0 Å². The largest absolute Gasteiger partial charge is 0.274 e. The monoisotopic (exact) mass is 269 g/mol.